The molecule has 0 amide bonds. The molecule has 0 saturated carbocycles. The van der Waals surface area contributed by atoms with Gasteiger partial charge in [0.1, 0.15) is 5.92 Å². The molecule has 2 heteroatoms. The monoisotopic (exact) mass is 332 g/mol. The lowest BCUT2D eigenvalue weighted by Crippen LogP contribution is -2.11. The summed E-state index contributed by atoms with van der Waals surface area (Å²) in [5, 5.41) is 0. The smallest absolute Gasteiger partial charge is 0.178 e. The van der Waals surface area contributed by atoms with E-state index in [0.717, 1.165) is 12.8 Å². The molecule has 0 fully saturated rings. The van der Waals surface area contributed by atoms with Gasteiger partial charge in [0.25, 0.3) is 0 Å². The molecular weight excluding hydrogens is 308 g/mol. The van der Waals surface area contributed by atoms with Crippen molar-refractivity contribution in [3.63, 3.8) is 0 Å². The predicted octanol–water partition coefficient (Wildman–Crippen LogP) is 5.21. The second-order valence-corrected chi connectivity index (χ2v) is 6.66. The maximum atomic E-state index is 12.3. The molecule has 0 saturated heterocycles. The number of rotatable bonds is 7. The van der Waals surface area contributed by atoms with Crippen LogP contribution in [-0.2, 0) is 12.8 Å². The fourth-order valence-electron chi connectivity index (χ4n) is 3.30. The normalized spacial score (nSPS) is 14.4. The Labute approximate surface area is 149 Å². The fourth-order valence-corrected chi connectivity index (χ4v) is 3.30. The second-order valence-electron chi connectivity index (χ2n) is 6.66. The zero-order chi connectivity index (χ0) is 17.6. The number of hydrogen-bond donors (Lipinski definition) is 0. The Morgan fingerprint density at radius 1 is 0.840 bits per heavy atom. The minimum Gasteiger partial charge on any atom is -0.293 e. The molecule has 2 aromatic carbocycles. The molecule has 0 aliphatic heterocycles. The Bertz CT molecular complexity index is 749. The van der Waals surface area contributed by atoms with Gasteiger partial charge in [0, 0.05) is 11.1 Å². The van der Waals surface area contributed by atoms with Gasteiger partial charge in [0.2, 0.25) is 0 Å². The number of hydrogen-bond acceptors (Lipinski definition) is 2. The maximum Gasteiger partial charge on any atom is 0.178 e. The lowest BCUT2D eigenvalue weighted by molar-refractivity contribution is 0.0871. The molecule has 0 atom stereocenters. The predicted molar refractivity (Wildman–Crippen MR) is 101 cm³/mol. The van der Waals surface area contributed by atoms with E-state index in [1.807, 2.05) is 6.08 Å². The van der Waals surface area contributed by atoms with Gasteiger partial charge in [0.05, 0.1) is 0 Å². The molecule has 0 spiro atoms. The van der Waals surface area contributed by atoms with Crippen molar-refractivity contribution in [3.05, 3.63) is 82.9 Å². The van der Waals surface area contributed by atoms with Gasteiger partial charge in [-0.1, -0.05) is 80.4 Å². The molecule has 2 nitrogen and oxygen atoms in total. The van der Waals surface area contributed by atoms with E-state index >= 15 is 0 Å². The minimum absolute atomic E-state index is 0.0804. The summed E-state index contributed by atoms with van der Waals surface area (Å²) in [6.07, 6.45) is 9.33. The molecule has 0 heterocycles. The third kappa shape index (κ3) is 3.96. The number of aryl methyl sites for hydroxylation is 1. The molecule has 2 aromatic rings. The largest absolute Gasteiger partial charge is 0.293 e. The molecule has 0 radical (unpaired) electrons. The van der Waals surface area contributed by atoms with E-state index in [-0.39, 0.29) is 11.6 Å². The van der Waals surface area contributed by atoms with Crippen LogP contribution in [0.25, 0.3) is 0 Å². The van der Waals surface area contributed by atoms with E-state index in [1.165, 1.54) is 30.4 Å². The highest BCUT2D eigenvalue weighted by Gasteiger charge is 2.36. The van der Waals surface area contributed by atoms with Crippen LogP contribution in [0, 0.1) is 5.92 Å². The van der Waals surface area contributed by atoms with Crippen molar-refractivity contribution in [1.29, 1.82) is 0 Å². The zero-order valence-electron chi connectivity index (χ0n) is 14.7. The van der Waals surface area contributed by atoms with E-state index < -0.39 is 5.92 Å². The molecular formula is C23H24O2. The molecule has 0 unspecified atom stereocenters. The van der Waals surface area contributed by atoms with Gasteiger partial charge in [-0.15, -0.1) is 0 Å². The summed E-state index contributed by atoms with van der Waals surface area (Å²) in [7, 11) is 0. The van der Waals surface area contributed by atoms with E-state index in [2.05, 4.69) is 31.2 Å². The van der Waals surface area contributed by atoms with E-state index in [4.69, 9.17) is 0 Å². The number of ketones is 2. The van der Waals surface area contributed by atoms with Crippen molar-refractivity contribution in [2.45, 2.75) is 39.0 Å². The van der Waals surface area contributed by atoms with Crippen molar-refractivity contribution >= 4 is 11.6 Å². The van der Waals surface area contributed by atoms with Crippen LogP contribution in [0.3, 0.4) is 0 Å². The summed E-state index contributed by atoms with van der Waals surface area (Å²) in [5.41, 5.74) is 3.68. The number of allylic oxidation sites excluding steroid dienone is 2. The van der Waals surface area contributed by atoms with Crippen molar-refractivity contribution in [2.75, 3.05) is 0 Å². The standard InChI is InChI=1S/C23H24O2/c1-2-3-4-8-17-13-15-18(16-14-17)9-7-12-21-22(24)19-10-5-6-11-20(19)23(21)25/h5-7,10-16,21H,2-4,8-9H2,1H3. The maximum absolute atomic E-state index is 12.3. The van der Waals surface area contributed by atoms with Gasteiger partial charge in [-0.05, 0) is 30.4 Å². The first-order chi connectivity index (χ1) is 12.2. The summed E-state index contributed by atoms with van der Waals surface area (Å²) in [6.45, 7) is 2.22. The van der Waals surface area contributed by atoms with Crippen LogP contribution in [0.1, 0.15) is 58.0 Å². The minimum atomic E-state index is -0.647. The zero-order valence-corrected chi connectivity index (χ0v) is 14.7. The quantitative estimate of drug-likeness (QED) is 0.396. The van der Waals surface area contributed by atoms with Crippen molar-refractivity contribution in [2.24, 2.45) is 5.92 Å². The van der Waals surface area contributed by atoms with Gasteiger partial charge in [-0.2, -0.15) is 0 Å². The summed E-state index contributed by atoms with van der Waals surface area (Å²) < 4.78 is 0. The molecule has 3 rings (SSSR count). The summed E-state index contributed by atoms with van der Waals surface area (Å²) >= 11 is 0. The highest BCUT2D eigenvalue weighted by molar-refractivity contribution is 6.27. The van der Waals surface area contributed by atoms with Gasteiger partial charge in [0.15, 0.2) is 11.6 Å². The Morgan fingerprint density at radius 3 is 2.04 bits per heavy atom. The van der Waals surface area contributed by atoms with Crippen LogP contribution in [0.15, 0.2) is 60.7 Å². The number of benzene rings is 2. The Balaban J connectivity index is 1.59. The topological polar surface area (TPSA) is 34.1 Å². The third-order valence-electron chi connectivity index (χ3n) is 4.80. The average molecular weight is 332 g/mol. The number of carbonyl (C=O) groups is 2. The van der Waals surface area contributed by atoms with Crippen molar-refractivity contribution in [1.82, 2.24) is 0 Å². The summed E-state index contributed by atoms with van der Waals surface area (Å²) in [5.74, 6) is -0.808. The van der Waals surface area contributed by atoms with Crippen molar-refractivity contribution in [3.8, 4) is 0 Å². The summed E-state index contributed by atoms with van der Waals surface area (Å²) in [6, 6.07) is 15.7. The molecule has 0 bridgehead atoms. The first-order valence-corrected chi connectivity index (χ1v) is 9.12. The second kappa shape index (κ2) is 8.06. The van der Waals surface area contributed by atoms with E-state index in [0.29, 0.717) is 11.1 Å². The summed E-state index contributed by atoms with van der Waals surface area (Å²) in [4.78, 5) is 24.7. The number of fused-ring (bicyclic) bond motifs is 1. The molecule has 25 heavy (non-hydrogen) atoms. The van der Waals surface area contributed by atoms with Crippen molar-refractivity contribution < 1.29 is 9.59 Å². The van der Waals surface area contributed by atoms with Crippen LogP contribution in [0.4, 0.5) is 0 Å². The van der Waals surface area contributed by atoms with Crippen LogP contribution in [0.5, 0.6) is 0 Å². The number of carbonyl (C=O) groups excluding carboxylic acids is 2. The van der Waals surface area contributed by atoms with E-state index in [9.17, 15) is 9.59 Å². The van der Waals surface area contributed by atoms with Crippen LogP contribution < -0.4 is 0 Å². The fraction of sp³-hybridized carbons (Fsp3) is 0.304. The van der Waals surface area contributed by atoms with Crippen LogP contribution in [-0.4, -0.2) is 11.6 Å². The highest BCUT2D eigenvalue weighted by atomic mass is 16.2. The van der Waals surface area contributed by atoms with Gasteiger partial charge in [-0.3, -0.25) is 9.59 Å². The van der Waals surface area contributed by atoms with Crippen LogP contribution in [0.2, 0.25) is 0 Å². The SMILES string of the molecule is CCCCCc1ccc(CC=CC2C(=O)c3ccccc3C2=O)cc1. The number of Topliss-reactive ketones (excluding diaryl/α,β-unsaturated/α-hetero) is 2. The molecule has 0 N–H and O–H groups in total. The average Bonchev–Trinajstić information content (AvgIpc) is 2.88. The van der Waals surface area contributed by atoms with Crippen LogP contribution >= 0.6 is 0 Å². The Kier molecular flexibility index (Phi) is 5.60. The lowest BCUT2D eigenvalue weighted by Gasteiger charge is -2.03. The Hall–Kier alpha value is -2.48. The molecule has 0 aromatic heterocycles. The van der Waals surface area contributed by atoms with Gasteiger partial charge >= 0.3 is 0 Å². The van der Waals surface area contributed by atoms with E-state index in [1.54, 1.807) is 30.3 Å². The Morgan fingerprint density at radius 2 is 1.44 bits per heavy atom. The molecule has 1 aliphatic carbocycles. The number of unbranched alkanes of at least 4 members (excludes halogenated alkanes) is 2. The molecule has 128 valence electrons. The van der Waals surface area contributed by atoms with Gasteiger partial charge < -0.3 is 0 Å². The molecule has 1 aliphatic rings. The highest BCUT2D eigenvalue weighted by Crippen LogP contribution is 2.27. The van der Waals surface area contributed by atoms with Gasteiger partial charge in [-0.25, -0.2) is 0 Å². The third-order valence-corrected chi connectivity index (χ3v) is 4.80. The first-order valence-electron chi connectivity index (χ1n) is 9.12. The lowest BCUT2D eigenvalue weighted by atomic mass is 10.0. The first kappa shape index (κ1) is 17.3.